The molecule has 0 spiro atoms. The van der Waals surface area contributed by atoms with Crippen LogP contribution in [0.1, 0.15) is 25.3 Å². The van der Waals surface area contributed by atoms with Gasteiger partial charge in [-0.1, -0.05) is 13.8 Å². The normalized spacial score (nSPS) is 11.2. The van der Waals surface area contributed by atoms with Crippen LogP contribution in [0.5, 0.6) is 0 Å². The predicted molar refractivity (Wildman–Crippen MR) is 45.9 cm³/mol. The van der Waals surface area contributed by atoms with Gasteiger partial charge in [0.25, 0.3) is 0 Å². The Balaban J connectivity index is 2.73. The first-order chi connectivity index (χ1) is 5.79. The van der Waals surface area contributed by atoms with Crippen molar-refractivity contribution in [3.05, 3.63) is 24.2 Å². The van der Waals surface area contributed by atoms with E-state index >= 15 is 0 Å². The van der Waals surface area contributed by atoms with E-state index in [0.29, 0.717) is 11.6 Å². The lowest BCUT2D eigenvalue weighted by Crippen LogP contribution is -1.88. The average Bonchev–Trinajstić information content (AvgIpc) is 2.49. The Hall–Kier alpha value is -1.38. The topological polar surface area (TPSA) is 38.9 Å². The maximum absolute atomic E-state index is 5.24. The van der Waals surface area contributed by atoms with E-state index in [1.54, 1.807) is 6.20 Å². The number of pyridine rings is 1. The molecule has 3 nitrogen and oxygen atoms in total. The summed E-state index contributed by atoms with van der Waals surface area (Å²) in [5.74, 6) is 0.448. The minimum absolute atomic E-state index is 0.448. The van der Waals surface area contributed by atoms with Gasteiger partial charge in [-0.2, -0.15) is 4.98 Å². The minimum atomic E-state index is 0.448. The highest BCUT2D eigenvalue weighted by Crippen LogP contribution is 2.22. The number of hydrogen-bond donors (Lipinski definition) is 0. The van der Waals surface area contributed by atoms with Crippen molar-refractivity contribution < 1.29 is 4.42 Å². The molecule has 0 unspecified atom stereocenters. The van der Waals surface area contributed by atoms with Gasteiger partial charge >= 0.3 is 0 Å². The largest absolute Gasteiger partial charge is 0.441 e. The number of rotatable bonds is 1. The molecule has 0 aliphatic carbocycles. The molecule has 0 saturated heterocycles. The van der Waals surface area contributed by atoms with Crippen molar-refractivity contribution in [3.8, 4) is 0 Å². The summed E-state index contributed by atoms with van der Waals surface area (Å²) in [5, 5.41) is 0. The second-order valence-corrected chi connectivity index (χ2v) is 3.06. The zero-order valence-electron chi connectivity index (χ0n) is 7.11. The van der Waals surface area contributed by atoms with Gasteiger partial charge in [0.1, 0.15) is 0 Å². The van der Waals surface area contributed by atoms with Gasteiger partial charge in [-0.3, -0.25) is 0 Å². The Morgan fingerprint density at radius 1 is 1.33 bits per heavy atom. The van der Waals surface area contributed by atoms with Gasteiger partial charge in [0.15, 0.2) is 17.6 Å². The fourth-order valence-electron chi connectivity index (χ4n) is 1.25. The predicted octanol–water partition coefficient (Wildman–Crippen LogP) is 2.35. The third-order valence-electron chi connectivity index (χ3n) is 1.88. The van der Waals surface area contributed by atoms with Crippen LogP contribution in [-0.2, 0) is 0 Å². The van der Waals surface area contributed by atoms with E-state index in [2.05, 4.69) is 23.8 Å². The van der Waals surface area contributed by atoms with Crippen LogP contribution in [0.25, 0.3) is 11.2 Å². The van der Waals surface area contributed by atoms with Crippen molar-refractivity contribution in [3.63, 3.8) is 0 Å². The average molecular weight is 162 g/mol. The van der Waals surface area contributed by atoms with Crippen LogP contribution in [0.15, 0.2) is 23.1 Å². The van der Waals surface area contributed by atoms with Crippen molar-refractivity contribution in [2.24, 2.45) is 0 Å². The van der Waals surface area contributed by atoms with Gasteiger partial charge in [-0.25, -0.2) is 4.98 Å². The number of aromatic nitrogens is 2. The molecule has 0 N–H and O–H groups in total. The summed E-state index contributed by atoms with van der Waals surface area (Å²) in [5.41, 5.74) is 2.67. The number of fused-ring (bicyclic) bond motifs is 1. The molecule has 2 aromatic heterocycles. The lowest BCUT2D eigenvalue weighted by Gasteiger charge is -2.02. The van der Waals surface area contributed by atoms with Crippen molar-refractivity contribution in [1.29, 1.82) is 0 Å². The molecule has 3 heteroatoms. The third-order valence-corrected chi connectivity index (χ3v) is 1.88. The maximum atomic E-state index is 5.24. The summed E-state index contributed by atoms with van der Waals surface area (Å²) in [6.07, 6.45) is 3.20. The van der Waals surface area contributed by atoms with Gasteiger partial charge in [-0.05, 0) is 12.0 Å². The van der Waals surface area contributed by atoms with Gasteiger partial charge in [-0.15, -0.1) is 0 Å². The monoisotopic (exact) mass is 162 g/mol. The molecule has 12 heavy (non-hydrogen) atoms. The van der Waals surface area contributed by atoms with Crippen molar-refractivity contribution >= 4 is 11.2 Å². The second-order valence-electron chi connectivity index (χ2n) is 3.06. The number of hydrogen-bond acceptors (Lipinski definition) is 3. The molecule has 0 aliphatic rings. The summed E-state index contributed by atoms with van der Waals surface area (Å²) >= 11 is 0. The Kier molecular flexibility index (Phi) is 1.57. The van der Waals surface area contributed by atoms with Crippen molar-refractivity contribution in [2.75, 3.05) is 0 Å². The van der Waals surface area contributed by atoms with Crippen molar-refractivity contribution in [1.82, 2.24) is 9.97 Å². The van der Waals surface area contributed by atoms with E-state index in [4.69, 9.17) is 4.42 Å². The molecule has 0 atom stereocenters. The van der Waals surface area contributed by atoms with Crippen LogP contribution < -0.4 is 0 Å². The molecule has 2 heterocycles. The third kappa shape index (κ3) is 0.978. The first-order valence-electron chi connectivity index (χ1n) is 3.97. The summed E-state index contributed by atoms with van der Waals surface area (Å²) < 4.78 is 5.24. The van der Waals surface area contributed by atoms with E-state index in [1.165, 1.54) is 6.39 Å². The quantitative estimate of drug-likeness (QED) is 0.646. The Morgan fingerprint density at radius 2 is 2.17 bits per heavy atom. The molecule has 0 saturated carbocycles. The Labute approximate surface area is 70.4 Å². The van der Waals surface area contributed by atoms with Crippen LogP contribution in [0.4, 0.5) is 0 Å². The summed E-state index contributed by atoms with van der Waals surface area (Å²) in [7, 11) is 0. The van der Waals surface area contributed by atoms with Gasteiger partial charge < -0.3 is 4.42 Å². The first kappa shape index (κ1) is 7.28. The standard InChI is InChI=1S/C9H10N2O/c1-6(2)7-3-4-10-9-8(7)12-5-11-9/h3-6H,1-2H3. The van der Waals surface area contributed by atoms with E-state index < -0.39 is 0 Å². The highest BCUT2D eigenvalue weighted by molar-refractivity contribution is 5.71. The van der Waals surface area contributed by atoms with Gasteiger partial charge in [0, 0.05) is 11.8 Å². The highest BCUT2D eigenvalue weighted by atomic mass is 16.3. The summed E-state index contributed by atoms with van der Waals surface area (Å²) in [4.78, 5) is 8.06. The molecule has 2 rings (SSSR count). The lowest BCUT2D eigenvalue weighted by molar-refractivity contribution is 0.594. The van der Waals surface area contributed by atoms with E-state index in [9.17, 15) is 0 Å². The van der Waals surface area contributed by atoms with Crippen LogP contribution in [0.3, 0.4) is 0 Å². The van der Waals surface area contributed by atoms with Gasteiger partial charge in [0.05, 0.1) is 0 Å². The summed E-state index contributed by atoms with van der Waals surface area (Å²) in [6.45, 7) is 4.24. The van der Waals surface area contributed by atoms with Crippen LogP contribution in [0, 0.1) is 0 Å². The Morgan fingerprint density at radius 3 is 2.92 bits per heavy atom. The smallest absolute Gasteiger partial charge is 0.198 e. The fourth-order valence-corrected chi connectivity index (χ4v) is 1.25. The second kappa shape index (κ2) is 2.59. The van der Waals surface area contributed by atoms with E-state index in [-0.39, 0.29) is 0 Å². The molecular formula is C9H10N2O. The maximum Gasteiger partial charge on any atom is 0.198 e. The first-order valence-corrected chi connectivity index (χ1v) is 3.97. The molecule has 0 fully saturated rings. The molecule has 2 aromatic rings. The fraction of sp³-hybridized carbons (Fsp3) is 0.333. The van der Waals surface area contributed by atoms with Crippen LogP contribution in [-0.4, -0.2) is 9.97 Å². The Bertz CT molecular complexity index is 392. The minimum Gasteiger partial charge on any atom is -0.441 e. The molecule has 0 bridgehead atoms. The zero-order valence-corrected chi connectivity index (χ0v) is 7.11. The molecular weight excluding hydrogens is 152 g/mol. The molecule has 0 aliphatic heterocycles. The van der Waals surface area contributed by atoms with Crippen LogP contribution >= 0.6 is 0 Å². The van der Waals surface area contributed by atoms with Gasteiger partial charge in [0.2, 0.25) is 0 Å². The SMILES string of the molecule is CC(C)c1ccnc2ncoc12. The number of nitrogens with zero attached hydrogens (tertiary/aromatic N) is 2. The van der Waals surface area contributed by atoms with Crippen molar-refractivity contribution in [2.45, 2.75) is 19.8 Å². The lowest BCUT2D eigenvalue weighted by atomic mass is 10.0. The molecule has 0 radical (unpaired) electrons. The zero-order chi connectivity index (χ0) is 8.55. The molecule has 0 aromatic carbocycles. The molecule has 0 amide bonds. The van der Waals surface area contributed by atoms with E-state index in [1.807, 2.05) is 6.07 Å². The number of oxazole rings is 1. The van der Waals surface area contributed by atoms with E-state index in [0.717, 1.165) is 11.1 Å². The molecule has 62 valence electrons. The summed E-state index contributed by atoms with van der Waals surface area (Å²) in [6, 6.07) is 1.97. The highest BCUT2D eigenvalue weighted by Gasteiger charge is 2.08. The van der Waals surface area contributed by atoms with Crippen LogP contribution in [0.2, 0.25) is 0 Å².